The van der Waals surface area contributed by atoms with Crippen molar-refractivity contribution in [1.29, 1.82) is 0 Å². The molecular weight excluding hydrogens is 222 g/mol. The van der Waals surface area contributed by atoms with Crippen molar-refractivity contribution in [2.24, 2.45) is 5.14 Å². The molecule has 4 heteroatoms. The predicted molar refractivity (Wildman–Crippen MR) is 64.8 cm³/mol. The van der Waals surface area contributed by atoms with E-state index in [2.05, 4.69) is 0 Å². The molecule has 0 atom stereocenters. The molecule has 0 radical (unpaired) electrons. The minimum Gasteiger partial charge on any atom is -0.225 e. The zero-order valence-electron chi connectivity index (χ0n) is 9.19. The third-order valence-corrected chi connectivity index (χ3v) is 3.89. The van der Waals surface area contributed by atoms with Gasteiger partial charge in [-0.05, 0) is 30.4 Å². The lowest BCUT2D eigenvalue weighted by atomic mass is 10.0. The standard InChI is InChI=1S/C12H13NO2S/c1-8-7-10-5-3-4-6-11(10)12(9(8)2)16(13,14)15/h3-7H,1-2H3,(H2,13,14,15). The minimum absolute atomic E-state index is 0.239. The van der Waals surface area contributed by atoms with E-state index in [0.29, 0.717) is 5.39 Å². The third-order valence-electron chi connectivity index (χ3n) is 2.79. The molecule has 0 saturated heterocycles. The zero-order chi connectivity index (χ0) is 11.9. The van der Waals surface area contributed by atoms with Gasteiger partial charge in [-0.1, -0.05) is 30.3 Å². The van der Waals surface area contributed by atoms with Crippen LogP contribution in [0.5, 0.6) is 0 Å². The number of primary sulfonamides is 1. The summed E-state index contributed by atoms with van der Waals surface area (Å²) >= 11 is 0. The van der Waals surface area contributed by atoms with Crippen LogP contribution in [0, 0.1) is 13.8 Å². The van der Waals surface area contributed by atoms with Crippen molar-refractivity contribution in [1.82, 2.24) is 0 Å². The van der Waals surface area contributed by atoms with Crippen LogP contribution in [0.25, 0.3) is 10.8 Å². The Kier molecular flexibility index (Phi) is 2.48. The Bertz CT molecular complexity index is 660. The topological polar surface area (TPSA) is 60.2 Å². The molecule has 0 amide bonds. The lowest BCUT2D eigenvalue weighted by Crippen LogP contribution is -2.14. The van der Waals surface area contributed by atoms with Gasteiger partial charge in [0.05, 0.1) is 4.90 Å². The van der Waals surface area contributed by atoms with Gasteiger partial charge in [0.15, 0.2) is 0 Å². The predicted octanol–water partition coefficient (Wildman–Crippen LogP) is 2.10. The number of aryl methyl sites for hydroxylation is 1. The third kappa shape index (κ3) is 1.70. The van der Waals surface area contributed by atoms with E-state index in [9.17, 15) is 8.42 Å². The Morgan fingerprint density at radius 2 is 1.75 bits per heavy atom. The fourth-order valence-electron chi connectivity index (χ4n) is 1.92. The van der Waals surface area contributed by atoms with Crippen LogP contribution in [-0.4, -0.2) is 8.42 Å². The van der Waals surface area contributed by atoms with E-state index < -0.39 is 10.0 Å². The van der Waals surface area contributed by atoms with Crippen LogP contribution in [0.3, 0.4) is 0 Å². The highest BCUT2D eigenvalue weighted by molar-refractivity contribution is 7.89. The number of rotatable bonds is 1. The Hall–Kier alpha value is -1.39. The molecule has 84 valence electrons. The molecule has 2 aromatic rings. The van der Waals surface area contributed by atoms with E-state index >= 15 is 0 Å². The first-order valence-corrected chi connectivity index (χ1v) is 6.47. The second-order valence-electron chi connectivity index (χ2n) is 3.91. The first-order valence-electron chi connectivity index (χ1n) is 4.93. The summed E-state index contributed by atoms with van der Waals surface area (Å²) in [6, 6.07) is 9.33. The summed E-state index contributed by atoms with van der Waals surface area (Å²) in [6.07, 6.45) is 0. The van der Waals surface area contributed by atoms with Gasteiger partial charge in [-0.2, -0.15) is 0 Å². The number of nitrogens with two attached hydrogens (primary N) is 1. The molecule has 0 saturated carbocycles. The quantitative estimate of drug-likeness (QED) is 0.822. The van der Waals surface area contributed by atoms with Gasteiger partial charge in [-0.3, -0.25) is 0 Å². The summed E-state index contributed by atoms with van der Waals surface area (Å²) in [4.78, 5) is 0.239. The lowest BCUT2D eigenvalue weighted by molar-refractivity contribution is 0.598. The summed E-state index contributed by atoms with van der Waals surface area (Å²) < 4.78 is 23.2. The number of benzene rings is 2. The molecule has 3 nitrogen and oxygen atoms in total. The maximum absolute atomic E-state index is 11.6. The molecule has 2 aromatic carbocycles. The summed E-state index contributed by atoms with van der Waals surface area (Å²) in [5, 5.41) is 6.85. The van der Waals surface area contributed by atoms with Crippen LogP contribution in [0.1, 0.15) is 11.1 Å². The molecule has 0 heterocycles. The fourth-order valence-corrected chi connectivity index (χ4v) is 3.00. The van der Waals surface area contributed by atoms with Gasteiger partial charge < -0.3 is 0 Å². The summed E-state index contributed by atoms with van der Waals surface area (Å²) in [5.74, 6) is 0. The highest BCUT2D eigenvalue weighted by atomic mass is 32.2. The van der Waals surface area contributed by atoms with E-state index in [1.54, 1.807) is 13.0 Å². The number of hydrogen-bond acceptors (Lipinski definition) is 2. The van der Waals surface area contributed by atoms with E-state index in [1.165, 1.54) is 0 Å². The van der Waals surface area contributed by atoms with Crippen LogP contribution in [0.4, 0.5) is 0 Å². The largest absolute Gasteiger partial charge is 0.238 e. The average Bonchev–Trinajstić information content (AvgIpc) is 2.17. The van der Waals surface area contributed by atoms with Crippen molar-refractivity contribution in [2.75, 3.05) is 0 Å². The number of hydrogen-bond donors (Lipinski definition) is 1. The van der Waals surface area contributed by atoms with Crippen LogP contribution in [-0.2, 0) is 10.0 Å². The molecular formula is C12H13NO2S. The Morgan fingerprint density at radius 1 is 1.12 bits per heavy atom. The Morgan fingerprint density at radius 3 is 2.38 bits per heavy atom. The SMILES string of the molecule is Cc1cc2ccccc2c(S(N)(=O)=O)c1C. The van der Waals surface area contributed by atoms with Crippen LogP contribution in [0.15, 0.2) is 35.2 Å². The molecule has 0 spiro atoms. The van der Waals surface area contributed by atoms with Crippen molar-refractivity contribution in [3.8, 4) is 0 Å². The van der Waals surface area contributed by atoms with Crippen LogP contribution in [0.2, 0.25) is 0 Å². The number of sulfonamides is 1. The van der Waals surface area contributed by atoms with E-state index in [4.69, 9.17) is 5.14 Å². The van der Waals surface area contributed by atoms with Crippen molar-refractivity contribution in [3.05, 3.63) is 41.5 Å². The summed E-state index contributed by atoms with van der Waals surface area (Å²) in [5.41, 5.74) is 1.66. The van der Waals surface area contributed by atoms with Crippen LogP contribution < -0.4 is 5.14 Å². The molecule has 0 aliphatic carbocycles. The molecule has 0 aliphatic heterocycles. The molecule has 0 fully saturated rings. The number of fused-ring (bicyclic) bond motifs is 1. The van der Waals surface area contributed by atoms with Gasteiger partial charge in [0.2, 0.25) is 10.0 Å². The first kappa shape index (κ1) is 11.1. The highest BCUT2D eigenvalue weighted by Crippen LogP contribution is 2.28. The first-order chi connectivity index (χ1) is 7.41. The summed E-state index contributed by atoms with van der Waals surface area (Å²) in [7, 11) is -3.68. The Labute approximate surface area is 94.9 Å². The maximum Gasteiger partial charge on any atom is 0.238 e. The van der Waals surface area contributed by atoms with Crippen molar-refractivity contribution in [3.63, 3.8) is 0 Å². The van der Waals surface area contributed by atoms with Crippen LogP contribution >= 0.6 is 0 Å². The molecule has 2 rings (SSSR count). The zero-order valence-corrected chi connectivity index (χ0v) is 10.0. The van der Waals surface area contributed by atoms with Gasteiger partial charge in [-0.15, -0.1) is 0 Å². The smallest absolute Gasteiger partial charge is 0.225 e. The van der Waals surface area contributed by atoms with Crippen molar-refractivity contribution < 1.29 is 8.42 Å². The molecule has 0 aliphatic rings. The maximum atomic E-state index is 11.6. The lowest BCUT2D eigenvalue weighted by Gasteiger charge is -2.11. The van der Waals surface area contributed by atoms with Gasteiger partial charge >= 0.3 is 0 Å². The molecule has 16 heavy (non-hydrogen) atoms. The monoisotopic (exact) mass is 235 g/mol. The molecule has 2 N–H and O–H groups in total. The highest BCUT2D eigenvalue weighted by Gasteiger charge is 2.16. The fraction of sp³-hybridized carbons (Fsp3) is 0.167. The Balaban J connectivity index is 3.05. The van der Waals surface area contributed by atoms with E-state index in [1.807, 2.05) is 31.2 Å². The van der Waals surface area contributed by atoms with E-state index in [0.717, 1.165) is 16.5 Å². The van der Waals surface area contributed by atoms with Gasteiger partial charge in [0.1, 0.15) is 0 Å². The average molecular weight is 235 g/mol. The normalized spacial score (nSPS) is 11.9. The van der Waals surface area contributed by atoms with Gasteiger partial charge in [-0.25, -0.2) is 13.6 Å². The van der Waals surface area contributed by atoms with Crippen molar-refractivity contribution in [2.45, 2.75) is 18.7 Å². The molecule has 0 bridgehead atoms. The van der Waals surface area contributed by atoms with Crippen molar-refractivity contribution >= 4 is 20.8 Å². The second-order valence-corrected chi connectivity index (χ2v) is 5.41. The summed E-state index contributed by atoms with van der Waals surface area (Å²) in [6.45, 7) is 3.66. The van der Waals surface area contributed by atoms with Gasteiger partial charge in [0.25, 0.3) is 0 Å². The second kappa shape index (κ2) is 3.57. The molecule has 0 aromatic heterocycles. The van der Waals surface area contributed by atoms with Gasteiger partial charge in [0, 0.05) is 5.39 Å². The van der Waals surface area contributed by atoms with E-state index in [-0.39, 0.29) is 4.90 Å². The minimum atomic E-state index is -3.68. The molecule has 0 unspecified atom stereocenters.